The highest BCUT2D eigenvalue weighted by Crippen LogP contribution is 2.36. The molecule has 11 heteroatoms. The van der Waals surface area contributed by atoms with E-state index in [-0.39, 0.29) is 23.2 Å². The average Bonchev–Trinajstić information content (AvgIpc) is 3.23. The maximum atomic E-state index is 14.1. The molecule has 0 aromatic heterocycles. The molecule has 34 heavy (non-hydrogen) atoms. The number of aliphatic hydroxyl groups is 1. The number of hydrogen-bond donors (Lipinski definition) is 2. The van der Waals surface area contributed by atoms with Crippen molar-refractivity contribution in [3.05, 3.63) is 58.4 Å². The second-order valence-electron chi connectivity index (χ2n) is 7.54. The summed E-state index contributed by atoms with van der Waals surface area (Å²) in [6, 6.07) is 9.62. The van der Waals surface area contributed by atoms with E-state index in [4.69, 9.17) is 25.8 Å². The van der Waals surface area contributed by atoms with Crippen LogP contribution in [0.3, 0.4) is 0 Å². The molecule has 0 saturated heterocycles. The molecule has 0 aliphatic carbocycles. The van der Waals surface area contributed by atoms with Crippen molar-refractivity contribution >= 4 is 23.5 Å². The minimum atomic E-state index is -1.66. The minimum Gasteiger partial charge on any atom is -0.467 e. The zero-order chi connectivity index (χ0) is 24.8. The zero-order valence-electron chi connectivity index (χ0n) is 18.7. The first-order valence-corrected chi connectivity index (χ1v) is 10.7. The van der Waals surface area contributed by atoms with E-state index in [0.29, 0.717) is 17.9 Å². The van der Waals surface area contributed by atoms with Gasteiger partial charge in [0.15, 0.2) is 11.5 Å². The maximum Gasteiger partial charge on any atom is 0.362 e. The lowest BCUT2D eigenvalue weighted by atomic mass is 10.1. The summed E-state index contributed by atoms with van der Waals surface area (Å²) in [5.41, 5.74) is 1.00. The van der Waals surface area contributed by atoms with Crippen molar-refractivity contribution < 1.29 is 42.8 Å². The first-order chi connectivity index (χ1) is 16.2. The molecule has 0 saturated carbocycles. The number of fused-ring (bicyclic) bond motifs is 1. The van der Waals surface area contributed by atoms with Crippen molar-refractivity contribution in [2.24, 2.45) is 0 Å². The summed E-state index contributed by atoms with van der Waals surface area (Å²) >= 11 is 5.77. The smallest absolute Gasteiger partial charge is 0.362 e. The molecule has 0 bridgehead atoms. The Kier molecular flexibility index (Phi) is 8.67. The number of carbonyl (C=O) groups excluding carboxylic acids is 2. The third kappa shape index (κ3) is 6.15. The molecule has 1 aliphatic rings. The molecule has 3 rings (SSSR count). The van der Waals surface area contributed by atoms with E-state index >= 15 is 0 Å². The van der Waals surface area contributed by atoms with Gasteiger partial charge in [0, 0.05) is 18.2 Å². The Morgan fingerprint density at radius 2 is 1.82 bits per heavy atom. The highest BCUT2D eigenvalue weighted by molar-refractivity contribution is 6.30. The summed E-state index contributed by atoms with van der Waals surface area (Å²) < 4.78 is 39.5. The van der Waals surface area contributed by atoms with Gasteiger partial charge in [-0.3, -0.25) is 4.74 Å². The molecule has 0 spiro atoms. The van der Waals surface area contributed by atoms with Crippen LogP contribution in [-0.2, 0) is 30.2 Å². The van der Waals surface area contributed by atoms with Crippen molar-refractivity contribution in [1.82, 2.24) is 5.32 Å². The minimum absolute atomic E-state index is 0.0447. The van der Waals surface area contributed by atoms with Crippen LogP contribution in [0.5, 0.6) is 11.5 Å². The Hall–Kier alpha value is -2.92. The van der Waals surface area contributed by atoms with Gasteiger partial charge in [0.1, 0.15) is 5.82 Å². The van der Waals surface area contributed by atoms with Crippen LogP contribution >= 0.6 is 11.6 Å². The van der Waals surface area contributed by atoms with Gasteiger partial charge in [-0.2, -0.15) is 0 Å². The normalized spacial score (nSPS) is 16.3. The first-order valence-electron chi connectivity index (χ1n) is 10.4. The van der Waals surface area contributed by atoms with E-state index in [0.717, 1.165) is 19.8 Å². The number of methoxy groups -OCH3 is 2. The summed E-state index contributed by atoms with van der Waals surface area (Å²) in [5.74, 6) is -1.80. The Balaban J connectivity index is 1.55. The Labute approximate surface area is 200 Å². The van der Waals surface area contributed by atoms with Crippen molar-refractivity contribution in [3.8, 4) is 11.5 Å². The summed E-state index contributed by atoms with van der Waals surface area (Å²) in [6.07, 6.45) is -2.16. The fraction of sp³-hybridized carbons (Fsp3) is 0.391. The van der Waals surface area contributed by atoms with Gasteiger partial charge in [-0.05, 0) is 37.1 Å². The van der Waals surface area contributed by atoms with Gasteiger partial charge in [0.25, 0.3) is 6.10 Å². The molecule has 1 unspecified atom stereocenters. The van der Waals surface area contributed by atoms with E-state index in [1.807, 2.05) is 13.0 Å². The van der Waals surface area contributed by atoms with Crippen LogP contribution in [-0.4, -0.2) is 56.4 Å². The highest BCUT2D eigenvalue weighted by atomic mass is 35.5. The monoisotopic (exact) mass is 497 g/mol. The SMILES string of the molecule is COC(=O)C(O[C@@H]1Oc2ccc(CC(C)NC[C@H](O)c3cccc(Cl)c3F)cc2O1)C(=O)OC. The summed E-state index contributed by atoms with van der Waals surface area (Å²) in [6.45, 7) is 0.697. The molecular weight excluding hydrogens is 473 g/mol. The van der Waals surface area contributed by atoms with E-state index < -0.39 is 36.4 Å². The fourth-order valence-electron chi connectivity index (χ4n) is 3.31. The molecule has 2 N–H and O–H groups in total. The van der Waals surface area contributed by atoms with Crippen LogP contribution in [0.25, 0.3) is 0 Å². The molecule has 9 nitrogen and oxygen atoms in total. The number of halogens is 2. The molecule has 2 aromatic carbocycles. The maximum absolute atomic E-state index is 14.1. The molecule has 3 atom stereocenters. The molecular formula is C23H25ClFNO8. The number of nitrogens with one attached hydrogen (secondary N) is 1. The number of hydrogen-bond acceptors (Lipinski definition) is 9. The summed E-state index contributed by atoms with van der Waals surface area (Å²) in [5, 5.41) is 13.4. The van der Waals surface area contributed by atoms with Gasteiger partial charge < -0.3 is 29.4 Å². The molecule has 1 aliphatic heterocycles. The predicted molar refractivity (Wildman–Crippen MR) is 118 cm³/mol. The lowest BCUT2D eigenvalue weighted by molar-refractivity contribution is -0.221. The molecule has 1 heterocycles. The van der Waals surface area contributed by atoms with Crippen LogP contribution in [0.1, 0.15) is 24.2 Å². The first kappa shape index (κ1) is 25.7. The Morgan fingerprint density at radius 1 is 1.15 bits per heavy atom. The fourth-order valence-corrected chi connectivity index (χ4v) is 3.50. The van der Waals surface area contributed by atoms with Crippen LogP contribution in [0.15, 0.2) is 36.4 Å². The number of benzene rings is 2. The van der Waals surface area contributed by atoms with Gasteiger partial charge in [0.05, 0.1) is 25.3 Å². The average molecular weight is 498 g/mol. The van der Waals surface area contributed by atoms with Gasteiger partial charge in [0.2, 0.25) is 0 Å². The quantitative estimate of drug-likeness (QED) is 0.377. The predicted octanol–water partition coefficient (Wildman–Crippen LogP) is 2.52. The summed E-state index contributed by atoms with van der Waals surface area (Å²) in [7, 11) is 2.22. The molecule has 0 radical (unpaired) electrons. The van der Waals surface area contributed by atoms with E-state index in [9.17, 15) is 19.1 Å². The largest absolute Gasteiger partial charge is 0.467 e. The van der Waals surface area contributed by atoms with Crippen LogP contribution in [0, 0.1) is 5.82 Å². The number of aliphatic hydroxyl groups excluding tert-OH is 1. The lowest BCUT2D eigenvalue weighted by Crippen LogP contribution is -2.40. The highest BCUT2D eigenvalue weighted by Gasteiger charge is 2.37. The molecule has 0 fully saturated rings. The topological polar surface area (TPSA) is 113 Å². The third-order valence-corrected chi connectivity index (χ3v) is 5.37. The van der Waals surface area contributed by atoms with Gasteiger partial charge >= 0.3 is 18.4 Å². The standard InChI is InChI=1S/C23H25ClFNO8/c1-12(26-11-16(27)14-5-4-6-15(24)19(14)25)9-13-7-8-17-18(10-13)33-23(32-17)34-20(21(28)30-2)22(29)31-3/h4-8,10,12,16,20,23,26-27H,9,11H2,1-3H3/t12?,16-,23+/m0/s1. The molecule has 0 amide bonds. The zero-order valence-corrected chi connectivity index (χ0v) is 19.5. The van der Waals surface area contributed by atoms with E-state index in [1.165, 1.54) is 12.1 Å². The van der Waals surface area contributed by atoms with E-state index in [2.05, 4.69) is 14.8 Å². The van der Waals surface area contributed by atoms with Gasteiger partial charge in [-0.25, -0.2) is 14.0 Å². The van der Waals surface area contributed by atoms with E-state index in [1.54, 1.807) is 18.2 Å². The van der Waals surface area contributed by atoms with Crippen molar-refractivity contribution in [2.45, 2.75) is 38.1 Å². The second kappa shape index (κ2) is 11.5. The number of rotatable bonds is 10. The Bertz CT molecular complexity index is 1020. The van der Waals surface area contributed by atoms with Crippen molar-refractivity contribution in [3.63, 3.8) is 0 Å². The number of esters is 2. The number of ether oxygens (including phenoxy) is 5. The van der Waals surface area contributed by atoms with Crippen LogP contribution in [0.4, 0.5) is 4.39 Å². The van der Waals surface area contributed by atoms with Crippen LogP contribution < -0.4 is 14.8 Å². The third-order valence-electron chi connectivity index (χ3n) is 5.07. The van der Waals surface area contributed by atoms with Gasteiger partial charge in [-0.15, -0.1) is 0 Å². The van der Waals surface area contributed by atoms with Crippen LogP contribution in [0.2, 0.25) is 5.02 Å². The van der Waals surface area contributed by atoms with Crippen molar-refractivity contribution in [2.75, 3.05) is 20.8 Å². The van der Waals surface area contributed by atoms with Crippen molar-refractivity contribution in [1.29, 1.82) is 0 Å². The van der Waals surface area contributed by atoms with Gasteiger partial charge in [-0.1, -0.05) is 29.8 Å². The molecule has 184 valence electrons. The Morgan fingerprint density at radius 3 is 2.50 bits per heavy atom. The summed E-state index contributed by atoms with van der Waals surface area (Å²) in [4.78, 5) is 23.5. The number of carbonyl (C=O) groups is 2. The second-order valence-corrected chi connectivity index (χ2v) is 7.95. The molecule has 2 aromatic rings. The lowest BCUT2D eigenvalue weighted by Gasteiger charge is -2.18.